The molecule has 0 bridgehead atoms. The maximum atomic E-state index is 12.9. The number of methoxy groups -OCH3 is 1. The first kappa shape index (κ1) is 20.6. The van der Waals surface area contributed by atoms with E-state index in [1.165, 1.54) is 0 Å². The van der Waals surface area contributed by atoms with Crippen LogP contribution in [0.5, 0.6) is 0 Å². The summed E-state index contributed by atoms with van der Waals surface area (Å²) in [5.41, 5.74) is 0. The molecule has 15 heteroatoms. The summed E-state index contributed by atoms with van der Waals surface area (Å²) in [6, 6.07) is -14.1. The molecule has 0 fully saturated rings. The third-order valence-electron chi connectivity index (χ3n) is 1.98. The number of rotatable bonds is 4. The molecule has 0 aromatic heterocycles. The molecule has 0 aliphatic rings. The van der Waals surface area contributed by atoms with Gasteiger partial charge in [-0.15, -0.1) is 0 Å². The maximum absolute atomic E-state index is 12.9. The molecule has 0 unspecified atom stereocenters. The van der Waals surface area contributed by atoms with Crippen LogP contribution >= 0.6 is 0 Å². The lowest BCUT2D eigenvalue weighted by molar-refractivity contribution is -0.467. The Morgan fingerprint density at radius 2 is 1.18 bits per heavy atom. The largest absolute Gasteiger partial charge is 0.470 e. The Labute approximate surface area is 112 Å². The molecule has 0 radical (unpaired) electrons. The summed E-state index contributed by atoms with van der Waals surface area (Å²) in [6.07, 6.45) is -14.5. The number of alkyl halides is 12. The summed E-state index contributed by atoms with van der Waals surface area (Å²) in [5, 5.41) is 0. The zero-order chi connectivity index (χ0) is 18.4. The molecule has 0 saturated heterocycles. The van der Waals surface area contributed by atoms with Gasteiger partial charge in [0.1, 0.15) is 0 Å². The number of esters is 1. The van der Waals surface area contributed by atoms with Crippen LogP contribution in [-0.2, 0) is 9.53 Å². The van der Waals surface area contributed by atoms with Gasteiger partial charge in [-0.05, 0) is 0 Å². The highest BCUT2D eigenvalue weighted by atomic mass is 19.4. The van der Waals surface area contributed by atoms with E-state index in [1.54, 1.807) is 0 Å². The second-order valence-electron chi connectivity index (χ2n) is 3.45. The van der Waals surface area contributed by atoms with Gasteiger partial charge in [-0.1, -0.05) is 4.90 Å². The Morgan fingerprint density at radius 1 is 0.818 bits per heavy atom. The number of carbonyl (C=O) groups is 1. The van der Waals surface area contributed by atoms with Gasteiger partial charge < -0.3 is 4.74 Å². The second-order valence-corrected chi connectivity index (χ2v) is 3.45. The van der Waals surface area contributed by atoms with E-state index >= 15 is 0 Å². The van der Waals surface area contributed by atoms with E-state index in [0.29, 0.717) is 0 Å². The van der Waals surface area contributed by atoms with Gasteiger partial charge in [-0.2, -0.15) is 52.7 Å². The molecule has 0 aromatic rings. The van der Waals surface area contributed by atoms with Crippen molar-refractivity contribution in [2.75, 3.05) is 7.11 Å². The minimum atomic E-state index is -7.56. The van der Waals surface area contributed by atoms with Gasteiger partial charge in [0.2, 0.25) is 0 Å². The molecule has 132 valence electrons. The first-order valence-corrected chi connectivity index (χ1v) is 4.51. The van der Waals surface area contributed by atoms with Crippen LogP contribution < -0.4 is 0 Å². The van der Waals surface area contributed by atoms with E-state index in [0.717, 1.165) is 0 Å². The Bertz CT molecular complexity index is 424. The predicted molar refractivity (Wildman–Crippen MR) is 40.8 cm³/mol. The predicted octanol–water partition coefficient (Wildman–Crippen LogP) is 3.36. The lowest BCUT2D eigenvalue weighted by Gasteiger charge is -2.39. The lowest BCUT2D eigenvalue weighted by Crippen LogP contribution is -2.70. The van der Waals surface area contributed by atoms with Crippen molar-refractivity contribution in [3.8, 4) is 0 Å². The third-order valence-corrected chi connectivity index (χ3v) is 1.98. The van der Waals surface area contributed by atoms with Crippen molar-refractivity contribution in [2.45, 2.75) is 30.5 Å². The van der Waals surface area contributed by atoms with Crippen LogP contribution in [0.1, 0.15) is 0 Å². The van der Waals surface area contributed by atoms with E-state index in [-0.39, 0.29) is 7.11 Å². The first-order chi connectivity index (χ1) is 9.35. The molecule has 0 aromatic carbocycles. The Hall–Kier alpha value is -1.41. The summed E-state index contributed by atoms with van der Waals surface area (Å²) in [6.45, 7) is 0. The molecular formula is C7H3F12NO2. The summed E-state index contributed by atoms with van der Waals surface area (Å²) < 4.78 is 151. The zero-order valence-corrected chi connectivity index (χ0v) is 9.80. The molecule has 0 amide bonds. The van der Waals surface area contributed by atoms with Crippen LogP contribution in [0.2, 0.25) is 0 Å². The Morgan fingerprint density at radius 3 is 1.41 bits per heavy atom. The van der Waals surface area contributed by atoms with Crippen LogP contribution in [-0.4, -0.2) is 48.5 Å². The van der Waals surface area contributed by atoms with Crippen molar-refractivity contribution in [1.29, 1.82) is 0 Å². The van der Waals surface area contributed by atoms with Crippen LogP contribution in [0.15, 0.2) is 0 Å². The molecule has 0 rings (SSSR count). The van der Waals surface area contributed by atoms with E-state index in [1.807, 2.05) is 0 Å². The van der Waals surface area contributed by atoms with Gasteiger partial charge in [-0.3, -0.25) is 0 Å². The van der Waals surface area contributed by atoms with E-state index < -0.39 is 41.4 Å². The fourth-order valence-corrected chi connectivity index (χ4v) is 1.02. The Balaban J connectivity index is 6.32. The molecule has 0 atom stereocenters. The highest BCUT2D eigenvalue weighted by Crippen LogP contribution is 2.53. The van der Waals surface area contributed by atoms with E-state index in [4.69, 9.17) is 0 Å². The van der Waals surface area contributed by atoms with Gasteiger partial charge in [0.15, 0.2) is 0 Å². The minimum Gasteiger partial charge on any atom is -0.463 e. The standard InChI is InChI=1S/C7H3F12NO2/c1-22-2(21)3(8,9)20(7(17,18)19)6(15,16)4(10,11)5(12,13)14/h1H3. The van der Waals surface area contributed by atoms with Crippen molar-refractivity contribution in [1.82, 2.24) is 4.90 Å². The first-order valence-electron chi connectivity index (χ1n) is 4.51. The summed E-state index contributed by atoms with van der Waals surface area (Å²) in [4.78, 5) is 6.56. The molecule has 3 nitrogen and oxygen atoms in total. The zero-order valence-electron chi connectivity index (χ0n) is 9.80. The molecule has 0 aliphatic carbocycles. The fourth-order valence-electron chi connectivity index (χ4n) is 1.02. The maximum Gasteiger partial charge on any atom is 0.470 e. The van der Waals surface area contributed by atoms with E-state index in [2.05, 4.69) is 4.74 Å². The highest BCUT2D eigenvalue weighted by molar-refractivity contribution is 5.77. The van der Waals surface area contributed by atoms with Crippen LogP contribution in [0.3, 0.4) is 0 Å². The topological polar surface area (TPSA) is 29.5 Å². The number of ether oxygens (including phenoxy) is 1. The van der Waals surface area contributed by atoms with Crippen LogP contribution in [0.25, 0.3) is 0 Å². The van der Waals surface area contributed by atoms with Crippen LogP contribution in [0, 0.1) is 0 Å². The molecule has 0 spiro atoms. The van der Waals surface area contributed by atoms with Crippen LogP contribution in [0.4, 0.5) is 52.7 Å². The fraction of sp³-hybridized carbons (Fsp3) is 0.857. The van der Waals surface area contributed by atoms with Crippen molar-refractivity contribution in [2.24, 2.45) is 0 Å². The molecule has 0 N–H and O–H groups in total. The third kappa shape index (κ3) is 3.17. The van der Waals surface area contributed by atoms with Crippen molar-refractivity contribution in [3.63, 3.8) is 0 Å². The average molecular weight is 361 g/mol. The van der Waals surface area contributed by atoms with Crippen molar-refractivity contribution >= 4 is 5.97 Å². The van der Waals surface area contributed by atoms with E-state index in [9.17, 15) is 57.5 Å². The van der Waals surface area contributed by atoms with Crippen molar-refractivity contribution < 1.29 is 62.2 Å². The second kappa shape index (κ2) is 5.34. The number of carbonyl (C=O) groups excluding carboxylic acids is 1. The van der Waals surface area contributed by atoms with Gasteiger partial charge in [0, 0.05) is 0 Å². The van der Waals surface area contributed by atoms with Gasteiger partial charge >= 0.3 is 36.5 Å². The number of halogens is 12. The molecule has 0 saturated carbocycles. The smallest absolute Gasteiger partial charge is 0.463 e. The lowest BCUT2D eigenvalue weighted by atomic mass is 10.2. The molecule has 22 heavy (non-hydrogen) atoms. The van der Waals surface area contributed by atoms with Gasteiger partial charge in [0.05, 0.1) is 7.11 Å². The Kier molecular flexibility index (Phi) is 5.00. The molecule has 0 heterocycles. The highest BCUT2D eigenvalue weighted by Gasteiger charge is 2.83. The minimum absolute atomic E-state index is 0.0369. The summed E-state index contributed by atoms with van der Waals surface area (Å²) in [5.74, 6) is -11.0. The van der Waals surface area contributed by atoms with Gasteiger partial charge in [-0.25, -0.2) is 4.79 Å². The SMILES string of the molecule is COC(=O)C(F)(F)N(C(F)(F)F)C(F)(F)C(F)(F)C(F)(F)F. The normalized spacial score (nSPS) is 15.2. The number of nitrogens with zero attached hydrogens (tertiary/aromatic N) is 1. The monoisotopic (exact) mass is 361 g/mol. The number of hydrogen-bond donors (Lipinski definition) is 0. The molecular weight excluding hydrogens is 358 g/mol. The quantitative estimate of drug-likeness (QED) is 0.437. The molecule has 0 aliphatic heterocycles. The van der Waals surface area contributed by atoms with Gasteiger partial charge in [0.25, 0.3) is 0 Å². The summed E-state index contributed by atoms with van der Waals surface area (Å²) in [7, 11) is -0.0369. The summed E-state index contributed by atoms with van der Waals surface area (Å²) >= 11 is 0. The van der Waals surface area contributed by atoms with Crippen molar-refractivity contribution in [3.05, 3.63) is 0 Å². The number of hydrogen-bond acceptors (Lipinski definition) is 3. The average Bonchev–Trinajstić information content (AvgIpc) is 2.22.